The number of allylic oxidation sites excluding steroid dienone is 3. The summed E-state index contributed by atoms with van der Waals surface area (Å²) in [6.07, 6.45) is 10.0. The smallest absolute Gasteiger partial charge is 0.328 e. The summed E-state index contributed by atoms with van der Waals surface area (Å²) >= 11 is 0. The van der Waals surface area contributed by atoms with Crippen LogP contribution >= 0.6 is 0 Å². The van der Waals surface area contributed by atoms with Crippen molar-refractivity contribution in [3.8, 4) is 0 Å². The standard InChI is InChI=1S/C18H26N4O4/c1-4-16(21-14-23)10-19-13-20-11-17(24)22(5-2)12-15(3)8-6-7-9-18(25)26/h4,6-10,13,21,23H,1,3,5,11-12,14H2,2H3,(H,19,20)(H,25,26)/b8-6-,9-7+,16-10+. The number of nitrogens with zero attached hydrogens (tertiary/aromatic N) is 2. The number of hydrogen-bond acceptors (Lipinski definition) is 5. The molecule has 4 N–H and O–H groups in total. The third kappa shape index (κ3) is 11.4. The molecule has 0 aromatic carbocycles. The van der Waals surface area contributed by atoms with E-state index in [1.54, 1.807) is 23.3 Å². The molecular formula is C18H26N4O4. The van der Waals surface area contributed by atoms with Gasteiger partial charge in [-0.1, -0.05) is 31.4 Å². The fraction of sp³-hybridized carbons (Fsp3) is 0.278. The highest BCUT2D eigenvalue weighted by Gasteiger charge is 2.10. The summed E-state index contributed by atoms with van der Waals surface area (Å²) in [5.74, 6) is -1.19. The zero-order valence-electron chi connectivity index (χ0n) is 14.9. The van der Waals surface area contributed by atoms with Gasteiger partial charge in [-0.25, -0.2) is 4.79 Å². The van der Waals surface area contributed by atoms with Crippen LogP contribution in [-0.4, -0.2) is 59.7 Å². The van der Waals surface area contributed by atoms with E-state index in [0.29, 0.717) is 24.4 Å². The molecule has 142 valence electrons. The van der Waals surface area contributed by atoms with Crippen molar-refractivity contribution in [2.45, 2.75) is 6.92 Å². The van der Waals surface area contributed by atoms with Crippen molar-refractivity contribution < 1.29 is 19.8 Å². The van der Waals surface area contributed by atoms with E-state index >= 15 is 0 Å². The van der Waals surface area contributed by atoms with Gasteiger partial charge in [-0.05, 0) is 18.6 Å². The number of hydrogen-bond donors (Lipinski definition) is 4. The van der Waals surface area contributed by atoms with Gasteiger partial charge in [0.05, 0.1) is 12.0 Å². The van der Waals surface area contributed by atoms with Crippen LogP contribution in [0.1, 0.15) is 6.92 Å². The summed E-state index contributed by atoms with van der Waals surface area (Å²) in [4.78, 5) is 28.1. The van der Waals surface area contributed by atoms with Crippen LogP contribution in [-0.2, 0) is 9.59 Å². The quantitative estimate of drug-likeness (QED) is 0.127. The molecule has 0 saturated heterocycles. The predicted molar refractivity (Wildman–Crippen MR) is 102 cm³/mol. The lowest BCUT2D eigenvalue weighted by molar-refractivity contribution is -0.131. The highest BCUT2D eigenvalue weighted by atomic mass is 16.4. The van der Waals surface area contributed by atoms with Gasteiger partial charge in [0, 0.05) is 25.4 Å². The van der Waals surface area contributed by atoms with E-state index in [1.807, 2.05) is 6.92 Å². The highest BCUT2D eigenvalue weighted by Crippen LogP contribution is 2.00. The number of aliphatic hydroxyl groups excluding tert-OH is 1. The fourth-order valence-corrected chi connectivity index (χ4v) is 1.68. The molecule has 0 rings (SSSR count). The Morgan fingerprint density at radius 3 is 2.54 bits per heavy atom. The first-order chi connectivity index (χ1) is 12.4. The van der Waals surface area contributed by atoms with Crippen LogP contribution in [0.5, 0.6) is 0 Å². The molecule has 0 unspecified atom stereocenters. The molecule has 1 amide bonds. The number of carbonyl (C=O) groups is 2. The summed E-state index contributed by atoms with van der Waals surface area (Å²) in [5.41, 5.74) is 1.26. The molecule has 0 atom stereocenters. The molecule has 8 nitrogen and oxygen atoms in total. The predicted octanol–water partition coefficient (Wildman–Crippen LogP) is 0.773. The first-order valence-corrected chi connectivity index (χ1v) is 7.89. The van der Waals surface area contributed by atoms with Gasteiger partial charge >= 0.3 is 5.97 Å². The summed E-state index contributed by atoms with van der Waals surface area (Å²) in [6.45, 7) is 9.84. The number of likely N-dealkylation sites (N-methyl/N-ethyl adjacent to an activating group) is 1. The Balaban J connectivity index is 4.43. The number of nitrogens with one attached hydrogen (secondary N) is 2. The van der Waals surface area contributed by atoms with E-state index in [9.17, 15) is 9.59 Å². The van der Waals surface area contributed by atoms with Crippen LogP contribution in [0.2, 0.25) is 0 Å². The minimum atomic E-state index is -1.03. The van der Waals surface area contributed by atoms with Crippen molar-refractivity contribution in [3.05, 3.63) is 61.0 Å². The van der Waals surface area contributed by atoms with Gasteiger partial charge in [0.15, 0.2) is 0 Å². The minimum Gasteiger partial charge on any atom is -0.478 e. The Kier molecular flexibility index (Phi) is 12.5. The second-order valence-electron chi connectivity index (χ2n) is 4.90. The summed E-state index contributed by atoms with van der Waals surface area (Å²) in [5, 5.41) is 22.7. The van der Waals surface area contributed by atoms with E-state index in [4.69, 9.17) is 10.2 Å². The minimum absolute atomic E-state index is 0.0263. The largest absolute Gasteiger partial charge is 0.478 e. The molecule has 26 heavy (non-hydrogen) atoms. The van der Waals surface area contributed by atoms with Crippen LogP contribution in [0.15, 0.2) is 66.0 Å². The average Bonchev–Trinajstić information content (AvgIpc) is 2.61. The monoisotopic (exact) mass is 362 g/mol. The zero-order chi connectivity index (χ0) is 19.8. The van der Waals surface area contributed by atoms with Gasteiger partial charge in [0.2, 0.25) is 5.91 Å². The Morgan fingerprint density at radius 1 is 1.27 bits per heavy atom. The van der Waals surface area contributed by atoms with Gasteiger partial charge in [-0.3, -0.25) is 9.79 Å². The maximum atomic E-state index is 12.1. The lowest BCUT2D eigenvalue weighted by Crippen LogP contribution is -2.34. The van der Waals surface area contributed by atoms with Gasteiger partial charge in [-0.15, -0.1) is 0 Å². The van der Waals surface area contributed by atoms with Crippen molar-refractivity contribution >= 4 is 18.2 Å². The van der Waals surface area contributed by atoms with Crippen LogP contribution in [0.25, 0.3) is 0 Å². The van der Waals surface area contributed by atoms with Crippen molar-refractivity contribution in [1.29, 1.82) is 0 Å². The lowest BCUT2D eigenvalue weighted by Gasteiger charge is -2.20. The summed E-state index contributed by atoms with van der Waals surface area (Å²) < 4.78 is 0. The molecule has 0 saturated carbocycles. The highest BCUT2D eigenvalue weighted by molar-refractivity contribution is 5.80. The Morgan fingerprint density at radius 2 is 1.96 bits per heavy atom. The van der Waals surface area contributed by atoms with E-state index in [-0.39, 0.29) is 19.2 Å². The normalized spacial score (nSPS) is 11.8. The van der Waals surface area contributed by atoms with Crippen molar-refractivity contribution in [1.82, 2.24) is 15.5 Å². The number of rotatable bonds is 13. The number of carbonyl (C=O) groups excluding carboxylic acids is 1. The SMILES string of the molecule is C=C/C(=C\NC=NCC(=O)N(CC)CC(=C)/C=C\C=C\C(=O)O)NCO. The van der Waals surface area contributed by atoms with Crippen molar-refractivity contribution in [2.75, 3.05) is 26.4 Å². The van der Waals surface area contributed by atoms with Gasteiger partial charge in [0.25, 0.3) is 0 Å². The molecule has 0 heterocycles. The van der Waals surface area contributed by atoms with E-state index in [0.717, 1.165) is 6.08 Å². The Bertz CT molecular complexity index is 606. The molecule has 0 spiro atoms. The molecule has 0 aromatic heterocycles. The summed E-state index contributed by atoms with van der Waals surface area (Å²) in [7, 11) is 0. The molecular weight excluding hydrogens is 336 g/mol. The number of aliphatic imine (C=N–C) groups is 1. The van der Waals surface area contributed by atoms with Gasteiger partial charge < -0.3 is 25.7 Å². The second-order valence-corrected chi connectivity index (χ2v) is 4.90. The fourth-order valence-electron chi connectivity index (χ4n) is 1.68. The topological polar surface area (TPSA) is 114 Å². The molecule has 0 aliphatic carbocycles. The Labute approximate surface area is 153 Å². The third-order valence-electron chi connectivity index (χ3n) is 2.94. The molecule has 0 radical (unpaired) electrons. The zero-order valence-corrected chi connectivity index (χ0v) is 14.9. The number of aliphatic hydroxyl groups is 1. The van der Waals surface area contributed by atoms with Crippen molar-refractivity contribution in [3.63, 3.8) is 0 Å². The molecule has 0 aromatic rings. The van der Waals surface area contributed by atoms with Crippen LogP contribution < -0.4 is 10.6 Å². The van der Waals surface area contributed by atoms with Crippen LogP contribution in [0.4, 0.5) is 0 Å². The maximum absolute atomic E-state index is 12.1. The van der Waals surface area contributed by atoms with Gasteiger partial charge in [0.1, 0.15) is 13.3 Å². The van der Waals surface area contributed by atoms with E-state index in [1.165, 1.54) is 18.5 Å². The number of amides is 1. The van der Waals surface area contributed by atoms with E-state index in [2.05, 4.69) is 28.8 Å². The third-order valence-corrected chi connectivity index (χ3v) is 2.94. The molecule has 8 heteroatoms. The van der Waals surface area contributed by atoms with Crippen molar-refractivity contribution in [2.24, 2.45) is 4.99 Å². The molecule has 0 aliphatic rings. The number of carboxylic acids is 1. The molecule has 0 fully saturated rings. The molecule has 0 aliphatic heterocycles. The van der Waals surface area contributed by atoms with Gasteiger partial charge in [-0.2, -0.15) is 0 Å². The molecule has 0 bridgehead atoms. The first kappa shape index (κ1) is 22.9. The summed E-state index contributed by atoms with van der Waals surface area (Å²) in [6, 6.07) is 0. The van der Waals surface area contributed by atoms with Crippen LogP contribution in [0, 0.1) is 0 Å². The van der Waals surface area contributed by atoms with Crippen LogP contribution in [0.3, 0.4) is 0 Å². The lowest BCUT2D eigenvalue weighted by atomic mass is 10.2. The number of aliphatic carboxylic acids is 1. The number of carboxylic acid groups (broad SMARTS) is 1. The first-order valence-electron chi connectivity index (χ1n) is 7.89. The second kappa shape index (κ2) is 14.2. The van der Waals surface area contributed by atoms with E-state index < -0.39 is 5.97 Å². The average molecular weight is 362 g/mol. The Hall–Kier alpha value is -3.13. The maximum Gasteiger partial charge on any atom is 0.328 e.